The fourth-order valence-electron chi connectivity index (χ4n) is 3.83. The van der Waals surface area contributed by atoms with Crippen molar-refractivity contribution in [2.75, 3.05) is 19.6 Å². The molecule has 2 aliphatic heterocycles. The zero-order valence-electron chi connectivity index (χ0n) is 12.7. The van der Waals surface area contributed by atoms with Gasteiger partial charge in [0.15, 0.2) is 0 Å². The van der Waals surface area contributed by atoms with Gasteiger partial charge in [0.05, 0.1) is 0 Å². The van der Waals surface area contributed by atoms with Crippen molar-refractivity contribution in [3.63, 3.8) is 0 Å². The van der Waals surface area contributed by atoms with Gasteiger partial charge >= 0.3 is 0 Å². The number of hydrazine groups is 1. The summed E-state index contributed by atoms with van der Waals surface area (Å²) in [4.78, 5) is 0. The van der Waals surface area contributed by atoms with Gasteiger partial charge in [-0.25, -0.2) is 10.0 Å². The highest BCUT2D eigenvalue weighted by molar-refractivity contribution is 4.81. The first-order chi connectivity index (χ1) is 8.78. The summed E-state index contributed by atoms with van der Waals surface area (Å²) in [7, 11) is 0. The maximum atomic E-state index is 2.73. The molecule has 0 saturated carbocycles. The van der Waals surface area contributed by atoms with E-state index >= 15 is 0 Å². The first kappa shape index (κ1) is 14.3. The zero-order chi connectivity index (χ0) is 13.0. The van der Waals surface area contributed by atoms with Crippen LogP contribution in [0.25, 0.3) is 0 Å². The van der Waals surface area contributed by atoms with Crippen molar-refractivity contribution in [1.82, 2.24) is 10.0 Å². The van der Waals surface area contributed by atoms with Gasteiger partial charge in [0, 0.05) is 25.7 Å². The summed E-state index contributed by atoms with van der Waals surface area (Å²) in [5.74, 6) is 1.98. The average Bonchev–Trinajstić information content (AvgIpc) is 2.46. The third kappa shape index (κ3) is 3.27. The molecule has 2 rings (SSSR count). The van der Waals surface area contributed by atoms with Gasteiger partial charge in [0.1, 0.15) is 0 Å². The smallest absolute Gasteiger partial charge is 0.0245 e. The highest BCUT2D eigenvalue weighted by Gasteiger charge is 2.31. The van der Waals surface area contributed by atoms with Crippen LogP contribution in [-0.2, 0) is 0 Å². The van der Waals surface area contributed by atoms with Crippen molar-refractivity contribution in [2.24, 2.45) is 11.8 Å². The standard InChI is InChI=1S/C16H32N2/c1-4-14-7-10-17(11-8-14)18-12-9-15(5-2)13-16(18)6-3/h14-16H,4-13H2,1-3H3. The van der Waals surface area contributed by atoms with Crippen LogP contribution in [0, 0.1) is 11.8 Å². The van der Waals surface area contributed by atoms with Crippen LogP contribution in [0.3, 0.4) is 0 Å². The van der Waals surface area contributed by atoms with Gasteiger partial charge in [0.25, 0.3) is 0 Å². The maximum Gasteiger partial charge on any atom is 0.0245 e. The Morgan fingerprint density at radius 1 is 0.778 bits per heavy atom. The molecule has 0 N–H and O–H groups in total. The summed E-state index contributed by atoms with van der Waals surface area (Å²) < 4.78 is 0. The van der Waals surface area contributed by atoms with E-state index in [9.17, 15) is 0 Å². The lowest BCUT2D eigenvalue weighted by Crippen LogP contribution is -2.54. The first-order valence-electron chi connectivity index (χ1n) is 8.29. The lowest BCUT2D eigenvalue weighted by molar-refractivity contribution is -0.106. The molecule has 0 aromatic carbocycles. The van der Waals surface area contributed by atoms with Crippen LogP contribution in [0.2, 0.25) is 0 Å². The van der Waals surface area contributed by atoms with Crippen molar-refractivity contribution in [2.45, 2.75) is 71.8 Å². The Bertz CT molecular complexity index is 233. The van der Waals surface area contributed by atoms with E-state index in [-0.39, 0.29) is 0 Å². The minimum Gasteiger partial charge on any atom is -0.242 e. The van der Waals surface area contributed by atoms with Crippen molar-refractivity contribution in [3.05, 3.63) is 0 Å². The number of hydrogen-bond donors (Lipinski definition) is 0. The fourth-order valence-corrected chi connectivity index (χ4v) is 3.83. The van der Waals surface area contributed by atoms with Gasteiger partial charge in [-0.3, -0.25) is 0 Å². The van der Waals surface area contributed by atoms with Crippen LogP contribution in [0.1, 0.15) is 65.7 Å². The summed E-state index contributed by atoms with van der Waals surface area (Å²) >= 11 is 0. The van der Waals surface area contributed by atoms with E-state index in [4.69, 9.17) is 0 Å². The summed E-state index contributed by atoms with van der Waals surface area (Å²) in [6, 6.07) is 0.821. The Balaban J connectivity index is 1.88. The predicted octanol–water partition coefficient (Wildman–Crippen LogP) is 3.92. The molecule has 0 aromatic rings. The van der Waals surface area contributed by atoms with E-state index in [2.05, 4.69) is 30.8 Å². The average molecular weight is 252 g/mol. The fraction of sp³-hybridized carbons (Fsp3) is 1.00. The third-order valence-corrected chi connectivity index (χ3v) is 5.37. The molecule has 106 valence electrons. The maximum absolute atomic E-state index is 2.73. The van der Waals surface area contributed by atoms with E-state index in [0.29, 0.717) is 0 Å². The predicted molar refractivity (Wildman–Crippen MR) is 78.4 cm³/mol. The van der Waals surface area contributed by atoms with Gasteiger partial charge < -0.3 is 0 Å². The lowest BCUT2D eigenvalue weighted by atomic mass is 9.88. The Kier molecular flexibility index (Phi) is 5.50. The third-order valence-electron chi connectivity index (χ3n) is 5.37. The van der Waals surface area contributed by atoms with Crippen molar-refractivity contribution >= 4 is 0 Å². The Labute approximate surface area is 114 Å². The molecule has 2 atom stereocenters. The van der Waals surface area contributed by atoms with E-state index < -0.39 is 0 Å². The van der Waals surface area contributed by atoms with Crippen LogP contribution in [0.5, 0.6) is 0 Å². The number of piperidine rings is 2. The number of rotatable bonds is 4. The largest absolute Gasteiger partial charge is 0.242 e. The van der Waals surface area contributed by atoms with Crippen molar-refractivity contribution in [3.8, 4) is 0 Å². The highest BCUT2D eigenvalue weighted by Crippen LogP contribution is 2.30. The van der Waals surface area contributed by atoms with Crippen LogP contribution < -0.4 is 0 Å². The van der Waals surface area contributed by atoms with Crippen LogP contribution in [-0.4, -0.2) is 35.7 Å². The number of nitrogens with zero attached hydrogens (tertiary/aromatic N) is 2. The van der Waals surface area contributed by atoms with E-state index in [1.807, 2.05) is 0 Å². The van der Waals surface area contributed by atoms with Crippen molar-refractivity contribution < 1.29 is 0 Å². The van der Waals surface area contributed by atoms with Gasteiger partial charge in [0.2, 0.25) is 0 Å². The molecule has 2 nitrogen and oxygen atoms in total. The van der Waals surface area contributed by atoms with E-state index in [0.717, 1.165) is 17.9 Å². The molecule has 2 aliphatic rings. The topological polar surface area (TPSA) is 6.48 Å². The monoisotopic (exact) mass is 252 g/mol. The molecule has 0 radical (unpaired) electrons. The second kappa shape index (κ2) is 6.91. The van der Waals surface area contributed by atoms with E-state index in [1.165, 1.54) is 64.6 Å². The summed E-state index contributed by atoms with van der Waals surface area (Å²) in [5.41, 5.74) is 0. The Hall–Kier alpha value is -0.0800. The highest BCUT2D eigenvalue weighted by atomic mass is 15.6. The molecule has 2 fully saturated rings. The zero-order valence-corrected chi connectivity index (χ0v) is 12.7. The Morgan fingerprint density at radius 3 is 1.94 bits per heavy atom. The van der Waals surface area contributed by atoms with Crippen LogP contribution in [0.15, 0.2) is 0 Å². The normalized spacial score (nSPS) is 32.8. The molecule has 18 heavy (non-hydrogen) atoms. The molecule has 0 amide bonds. The minimum atomic E-state index is 0.821. The molecule has 0 bridgehead atoms. The quantitative estimate of drug-likeness (QED) is 0.748. The molecule has 2 heterocycles. The summed E-state index contributed by atoms with van der Waals surface area (Å²) in [6.45, 7) is 11.0. The molecule has 0 aliphatic carbocycles. The van der Waals surface area contributed by atoms with Crippen molar-refractivity contribution in [1.29, 1.82) is 0 Å². The summed E-state index contributed by atoms with van der Waals surface area (Å²) in [5, 5.41) is 5.42. The van der Waals surface area contributed by atoms with Crippen LogP contribution >= 0.6 is 0 Å². The van der Waals surface area contributed by atoms with Gasteiger partial charge in [-0.05, 0) is 43.9 Å². The molecule has 2 heteroatoms. The molecule has 0 spiro atoms. The van der Waals surface area contributed by atoms with Crippen LogP contribution in [0.4, 0.5) is 0 Å². The molecule has 2 unspecified atom stereocenters. The molecular weight excluding hydrogens is 220 g/mol. The number of hydrogen-bond acceptors (Lipinski definition) is 2. The molecule has 0 aromatic heterocycles. The summed E-state index contributed by atoms with van der Waals surface area (Å²) in [6.07, 6.45) is 9.76. The minimum absolute atomic E-state index is 0.821. The first-order valence-corrected chi connectivity index (χ1v) is 8.29. The van der Waals surface area contributed by atoms with Gasteiger partial charge in [-0.15, -0.1) is 0 Å². The van der Waals surface area contributed by atoms with Gasteiger partial charge in [-0.1, -0.05) is 33.6 Å². The lowest BCUT2D eigenvalue weighted by Gasteiger charge is -2.47. The molecule has 2 saturated heterocycles. The van der Waals surface area contributed by atoms with Gasteiger partial charge in [-0.2, -0.15) is 0 Å². The second-order valence-electron chi connectivity index (χ2n) is 6.33. The molecular formula is C16H32N2. The SMILES string of the molecule is CCC1CCN(N2CCC(CC)CC2CC)CC1. The van der Waals surface area contributed by atoms with E-state index in [1.54, 1.807) is 0 Å². The Morgan fingerprint density at radius 2 is 1.39 bits per heavy atom. The second-order valence-corrected chi connectivity index (χ2v) is 6.33.